The second kappa shape index (κ2) is 70.2. The summed E-state index contributed by atoms with van der Waals surface area (Å²) in [6.07, 6.45) is 62.0. The molecule has 0 spiro atoms. The van der Waals surface area contributed by atoms with E-state index in [2.05, 4.69) is 65.8 Å². The number of ether oxygens (including phenoxy) is 4. The standard InChI is InChI=1S/C79H150O17P2/c1-7-9-11-13-15-17-19-21-23-24-25-26-27-29-31-33-37-45-51-57-63-78(83)95-74(67-89-76(81)61-55-49-43-36-32-30-28-22-20-18-16-14-12-10-8-2)69-93-97(85,86)91-65-73(80)66-92-98(87,88)94-70-75(68-90-77(82)62-56-50-44-40-39-42-48-54-60-72(5)6)96-79(84)64-58-52-46-38-34-35-41-47-53-59-71(3)4/h18,20,22,28,71-75,80H,7-17,19,21,23-27,29-70H2,1-6H3,(H,85,86)(H,87,88)/b20-18-,28-22-/t73-,74-,75-/m1/s1. The Hall–Kier alpha value is -2.46. The molecule has 578 valence electrons. The highest BCUT2D eigenvalue weighted by molar-refractivity contribution is 7.47. The first-order valence-corrected chi connectivity index (χ1v) is 43.3. The molecule has 0 saturated carbocycles. The fourth-order valence-corrected chi connectivity index (χ4v) is 13.2. The number of unbranched alkanes of at least 4 members (excludes halogenated alkanes) is 43. The zero-order valence-electron chi connectivity index (χ0n) is 63.6. The molecule has 0 amide bonds. The van der Waals surface area contributed by atoms with Gasteiger partial charge in [0.1, 0.15) is 19.3 Å². The Morgan fingerprint density at radius 1 is 0.316 bits per heavy atom. The minimum Gasteiger partial charge on any atom is -0.462 e. The molecule has 0 aliphatic rings. The molecular formula is C79H150O17P2. The molecule has 0 heterocycles. The van der Waals surface area contributed by atoms with Crippen molar-refractivity contribution in [1.29, 1.82) is 0 Å². The van der Waals surface area contributed by atoms with Crippen molar-refractivity contribution >= 4 is 39.5 Å². The Morgan fingerprint density at radius 2 is 0.551 bits per heavy atom. The molecule has 17 nitrogen and oxygen atoms in total. The summed E-state index contributed by atoms with van der Waals surface area (Å²) in [7, 11) is -9.93. The average molecular weight is 1430 g/mol. The summed E-state index contributed by atoms with van der Waals surface area (Å²) < 4.78 is 68.6. The topological polar surface area (TPSA) is 237 Å². The molecule has 0 aromatic rings. The molecule has 0 aliphatic heterocycles. The van der Waals surface area contributed by atoms with E-state index in [4.69, 9.17) is 37.0 Å². The first-order valence-electron chi connectivity index (χ1n) is 40.3. The van der Waals surface area contributed by atoms with Crippen LogP contribution in [0.2, 0.25) is 0 Å². The number of hydrogen-bond donors (Lipinski definition) is 3. The predicted octanol–water partition coefficient (Wildman–Crippen LogP) is 23.1. The Balaban J connectivity index is 5.26. The summed E-state index contributed by atoms with van der Waals surface area (Å²) in [5.41, 5.74) is 0. The van der Waals surface area contributed by atoms with E-state index in [1.807, 2.05) is 0 Å². The highest BCUT2D eigenvalue weighted by atomic mass is 31.2. The van der Waals surface area contributed by atoms with Gasteiger partial charge in [-0.3, -0.25) is 37.3 Å². The quantitative estimate of drug-likeness (QED) is 0.0169. The molecule has 0 bridgehead atoms. The van der Waals surface area contributed by atoms with Crippen molar-refractivity contribution in [2.24, 2.45) is 11.8 Å². The molecule has 19 heteroatoms. The Kier molecular flexibility index (Phi) is 68.5. The van der Waals surface area contributed by atoms with E-state index in [1.54, 1.807) is 0 Å². The van der Waals surface area contributed by atoms with Gasteiger partial charge in [-0.2, -0.15) is 0 Å². The second-order valence-corrected chi connectivity index (χ2v) is 31.6. The summed E-state index contributed by atoms with van der Waals surface area (Å²) in [4.78, 5) is 72.9. The van der Waals surface area contributed by atoms with Gasteiger partial charge in [-0.05, 0) is 63.2 Å². The second-order valence-electron chi connectivity index (χ2n) is 28.7. The summed E-state index contributed by atoms with van der Waals surface area (Å²) in [6.45, 7) is 9.48. The first kappa shape index (κ1) is 95.5. The van der Waals surface area contributed by atoms with Crippen molar-refractivity contribution in [1.82, 2.24) is 0 Å². The van der Waals surface area contributed by atoms with E-state index < -0.39 is 97.5 Å². The molecule has 0 rings (SSSR count). The normalized spacial score (nSPS) is 14.1. The van der Waals surface area contributed by atoms with Crippen molar-refractivity contribution in [2.75, 3.05) is 39.6 Å². The van der Waals surface area contributed by atoms with Gasteiger partial charge in [-0.25, -0.2) is 9.13 Å². The maximum absolute atomic E-state index is 13.1. The van der Waals surface area contributed by atoms with Gasteiger partial charge in [0.25, 0.3) is 0 Å². The van der Waals surface area contributed by atoms with E-state index >= 15 is 0 Å². The van der Waals surface area contributed by atoms with Crippen LogP contribution in [0.4, 0.5) is 0 Å². The maximum Gasteiger partial charge on any atom is 0.472 e. The van der Waals surface area contributed by atoms with Crippen molar-refractivity contribution in [3.05, 3.63) is 24.3 Å². The van der Waals surface area contributed by atoms with Crippen LogP contribution >= 0.6 is 15.6 Å². The van der Waals surface area contributed by atoms with Gasteiger partial charge < -0.3 is 33.8 Å². The molecule has 0 fully saturated rings. The van der Waals surface area contributed by atoms with E-state index in [1.165, 1.54) is 186 Å². The van der Waals surface area contributed by atoms with Crippen molar-refractivity contribution in [2.45, 2.75) is 407 Å². The van der Waals surface area contributed by atoms with Crippen LogP contribution in [-0.4, -0.2) is 96.7 Å². The van der Waals surface area contributed by atoms with Crippen LogP contribution in [0.3, 0.4) is 0 Å². The monoisotopic (exact) mass is 1430 g/mol. The number of phosphoric acid groups is 2. The van der Waals surface area contributed by atoms with Gasteiger partial charge in [0.2, 0.25) is 0 Å². The fourth-order valence-electron chi connectivity index (χ4n) is 11.6. The molecule has 0 aromatic heterocycles. The number of aliphatic hydroxyl groups excluding tert-OH is 1. The Labute approximate surface area is 599 Å². The molecule has 0 aromatic carbocycles. The lowest BCUT2D eigenvalue weighted by atomic mass is 10.0. The third-order valence-electron chi connectivity index (χ3n) is 17.8. The highest BCUT2D eigenvalue weighted by Crippen LogP contribution is 2.45. The number of allylic oxidation sites excluding steroid dienone is 4. The van der Waals surface area contributed by atoms with Crippen molar-refractivity contribution < 1.29 is 80.2 Å². The summed E-state index contributed by atoms with van der Waals surface area (Å²) in [6, 6.07) is 0. The van der Waals surface area contributed by atoms with Gasteiger partial charge in [0.05, 0.1) is 26.4 Å². The van der Waals surface area contributed by atoms with Crippen LogP contribution in [0.15, 0.2) is 24.3 Å². The number of esters is 4. The molecular weight excluding hydrogens is 1280 g/mol. The fraction of sp³-hybridized carbons (Fsp3) is 0.899. The largest absolute Gasteiger partial charge is 0.472 e. The maximum atomic E-state index is 13.1. The third-order valence-corrected chi connectivity index (χ3v) is 19.7. The van der Waals surface area contributed by atoms with Crippen molar-refractivity contribution in [3.63, 3.8) is 0 Å². The van der Waals surface area contributed by atoms with Crippen LogP contribution in [0, 0.1) is 11.8 Å². The Morgan fingerprint density at radius 3 is 0.837 bits per heavy atom. The number of phosphoric ester groups is 2. The van der Waals surface area contributed by atoms with Crippen LogP contribution < -0.4 is 0 Å². The lowest BCUT2D eigenvalue weighted by Gasteiger charge is -2.21. The third kappa shape index (κ3) is 71.9. The van der Waals surface area contributed by atoms with Gasteiger partial charge in [0, 0.05) is 25.7 Å². The van der Waals surface area contributed by atoms with Gasteiger partial charge in [-0.15, -0.1) is 0 Å². The van der Waals surface area contributed by atoms with E-state index in [0.717, 1.165) is 121 Å². The molecule has 2 unspecified atom stereocenters. The first-order chi connectivity index (χ1) is 47.4. The molecule has 5 atom stereocenters. The number of hydrogen-bond acceptors (Lipinski definition) is 15. The lowest BCUT2D eigenvalue weighted by molar-refractivity contribution is -0.161. The van der Waals surface area contributed by atoms with E-state index in [-0.39, 0.29) is 25.7 Å². The SMILES string of the molecule is CCCCCC/C=C\C=C/CCCCCCCC(=O)OC[C@H](COP(=O)(O)OC[C@@H](O)COP(=O)(O)OC[C@@H](COC(=O)CCCCCCCCCCC(C)C)OC(=O)CCCCCCCCCCCC(C)C)OC(=O)CCCCCCCCCCCCCCCCCCCCCC. The minimum absolute atomic E-state index is 0.102. The van der Waals surface area contributed by atoms with Gasteiger partial charge in [-0.1, -0.05) is 336 Å². The van der Waals surface area contributed by atoms with Crippen molar-refractivity contribution in [3.8, 4) is 0 Å². The number of aliphatic hydroxyl groups is 1. The van der Waals surface area contributed by atoms with E-state index in [9.17, 15) is 43.2 Å². The highest BCUT2D eigenvalue weighted by Gasteiger charge is 2.30. The average Bonchev–Trinajstić information content (AvgIpc) is 1.60. The molecule has 0 radical (unpaired) electrons. The number of carbonyl (C=O) groups is 4. The summed E-state index contributed by atoms with van der Waals surface area (Å²) in [5, 5.41) is 10.6. The van der Waals surface area contributed by atoms with Crippen LogP contribution in [0.25, 0.3) is 0 Å². The summed E-state index contributed by atoms with van der Waals surface area (Å²) >= 11 is 0. The minimum atomic E-state index is -4.97. The molecule has 3 N–H and O–H groups in total. The predicted molar refractivity (Wildman–Crippen MR) is 400 cm³/mol. The number of rotatable bonds is 76. The summed E-state index contributed by atoms with van der Waals surface area (Å²) in [5.74, 6) is -0.685. The Bertz CT molecular complexity index is 1980. The smallest absolute Gasteiger partial charge is 0.462 e. The lowest BCUT2D eigenvalue weighted by Crippen LogP contribution is -2.30. The molecule has 0 aliphatic carbocycles. The van der Waals surface area contributed by atoms with Crippen LogP contribution in [0.1, 0.15) is 388 Å². The molecule has 0 saturated heterocycles. The van der Waals surface area contributed by atoms with Gasteiger partial charge >= 0.3 is 39.5 Å². The van der Waals surface area contributed by atoms with Crippen LogP contribution in [-0.2, 0) is 65.4 Å². The molecule has 98 heavy (non-hydrogen) atoms. The van der Waals surface area contributed by atoms with E-state index in [0.29, 0.717) is 25.7 Å². The number of carbonyl (C=O) groups excluding carboxylic acids is 4. The van der Waals surface area contributed by atoms with Crippen LogP contribution in [0.5, 0.6) is 0 Å². The zero-order chi connectivity index (χ0) is 72.1. The zero-order valence-corrected chi connectivity index (χ0v) is 65.4. The van der Waals surface area contributed by atoms with Gasteiger partial charge in [0.15, 0.2) is 12.2 Å².